The summed E-state index contributed by atoms with van der Waals surface area (Å²) in [6, 6.07) is -1.22. The molecular weight excluding hydrogens is 965 g/mol. The van der Waals surface area contributed by atoms with E-state index in [-0.39, 0.29) is 61.9 Å². The Labute approximate surface area is 436 Å². The molecule has 4 aliphatic heterocycles. The first-order chi connectivity index (χ1) is 35.2. The highest BCUT2D eigenvalue weighted by molar-refractivity contribution is 6.39. The van der Waals surface area contributed by atoms with Crippen molar-refractivity contribution in [2.24, 2.45) is 35.5 Å². The van der Waals surface area contributed by atoms with Gasteiger partial charge in [0.2, 0.25) is 5.79 Å². The summed E-state index contributed by atoms with van der Waals surface area (Å²) < 4.78 is 73.0. The second-order valence-electron chi connectivity index (χ2n) is 21.6. The van der Waals surface area contributed by atoms with Crippen LogP contribution in [-0.4, -0.2) is 159 Å². The summed E-state index contributed by atoms with van der Waals surface area (Å²) >= 11 is 0. The number of esters is 1. The van der Waals surface area contributed by atoms with Crippen molar-refractivity contribution >= 4 is 29.2 Å². The molecule has 0 aromatic heterocycles. The molecule has 3 saturated heterocycles. The summed E-state index contributed by atoms with van der Waals surface area (Å²) in [5.74, 6) is -8.87. The lowest BCUT2D eigenvalue weighted by atomic mass is 9.78. The van der Waals surface area contributed by atoms with Crippen molar-refractivity contribution in [3.8, 4) is 0 Å². The molecule has 2 bridgehead atoms. The second kappa shape index (κ2) is 29.2. The van der Waals surface area contributed by atoms with Crippen LogP contribution in [0, 0.1) is 35.5 Å². The molecule has 1 amide bonds. The Kier molecular flexibility index (Phi) is 24.2. The molecule has 74 heavy (non-hydrogen) atoms. The summed E-state index contributed by atoms with van der Waals surface area (Å²) in [6.07, 6.45) is 8.58. The standard InChI is InChI=1S/C56H85F2NO15/c1-33-15-11-10-12-16-34(2)46(71-32-42-31-69-23-24-70-42)29-41-20-18-39(7)56(66,74-41)52(63)53(64)59-22-14-13-17-43(59)54(65)72-47(36(4)27-40-19-21-45(73-55(57)58)48(28-40)67-8)30-44(60)35(3)26-38(6)50(62)51(68-9)49(61)37(5)25-33/h10-12,15-16,26,33,35-37,39-43,45-48,50-51,55,62,66H,13-14,17-25,27-32H2,1-9H3/b12-10+,15-11+,34-16+,38-26+/t33-,35-,36-,37-,39-,40+,41+,42?,43+,45-,46+,47+,48-,50-,51+,56-/m1/s1. The van der Waals surface area contributed by atoms with Gasteiger partial charge in [-0.25, -0.2) is 4.79 Å². The van der Waals surface area contributed by atoms with Gasteiger partial charge in [-0.05, 0) is 107 Å². The number of Topliss-reactive ketones (excluding diaryl/α,β-unsaturated/α-hetero) is 3. The molecule has 4 heterocycles. The molecule has 1 unspecified atom stereocenters. The van der Waals surface area contributed by atoms with E-state index in [0.717, 1.165) is 10.5 Å². The predicted molar refractivity (Wildman–Crippen MR) is 270 cm³/mol. The van der Waals surface area contributed by atoms with E-state index >= 15 is 0 Å². The van der Waals surface area contributed by atoms with Crippen molar-refractivity contribution in [2.45, 2.75) is 193 Å². The number of ether oxygens (including phenoxy) is 8. The van der Waals surface area contributed by atoms with Crippen LogP contribution in [0.2, 0.25) is 0 Å². The van der Waals surface area contributed by atoms with Crippen LogP contribution in [0.25, 0.3) is 0 Å². The minimum atomic E-state index is -2.96. The lowest BCUT2D eigenvalue weighted by molar-refractivity contribution is -0.266. The van der Waals surface area contributed by atoms with E-state index in [1.807, 2.05) is 51.2 Å². The molecule has 4 fully saturated rings. The molecule has 0 spiro atoms. The van der Waals surface area contributed by atoms with E-state index in [4.69, 9.17) is 37.9 Å². The maximum absolute atomic E-state index is 14.5. The fourth-order valence-electron chi connectivity index (χ4n) is 11.2. The van der Waals surface area contributed by atoms with Gasteiger partial charge in [-0.2, -0.15) is 8.78 Å². The summed E-state index contributed by atoms with van der Waals surface area (Å²) in [5.41, 5.74) is 1.17. The molecule has 0 radical (unpaired) electrons. The third-order valence-corrected chi connectivity index (χ3v) is 15.8. The zero-order valence-corrected chi connectivity index (χ0v) is 45.1. The van der Waals surface area contributed by atoms with Crippen LogP contribution in [0.4, 0.5) is 8.78 Å². The number of aliphatic hydroxyl groups excluding tert-OH is 1. The van der Waals surface area contributed by atoms with E-state index in [1.54, 1.807) is 33.8 Å². The predicted octanol–water partition coefficient (Wildman–Crippen LogP) is 7.21. The van der Waals surface area contributed by atoms with E-state index < -0.39 is 102 Å². The van der Waals surface area contributed by atoms with Gasteiger partial charge in [-0.1, -0.05) is 71.1 Å². The largest absolute Gasteiger partial charge is 0.460 e. The van der Waals surface area contributed by atoms with E-state index in [1.165, 1.54) is 14.2 Å². The Balaban J connectivity index is 1.47. The number of nitrogens with zero attached hydrogens (tertiary/aromatic N) is 1. The summed E-state index contributed by atoms with van der Waals surface area (Å²) in [4.78, 5) is 72.6. The SMILES string of the molecule is CO[C@@H]1C[C@H](C[C@@H](C)[C@@H]2CC(=O)[C@H](C)/C=C(\C)[C@@H](O)[C@@H](OC)C(=O)[C@H](C)C[C@H](C)/C=C/C=C/C=C(\C)[C@@H](OCC3COCCO3)C[C@@H]3CC[C@@H](C)[C@@](O)(O3)C(=O)C(=O)N3CCCC[C@H]3C(=O)O2)CC[C@H]1OC(F)F. The fourth-order valence-corrected chi connectivity index (χ4v) is 11.2. The van der Waals surface area contributed by atoms with Gasteiger partial charge >= 0.3 is 12.6 Å². The Morgan fingerprint density at radius 2 is 1.64 bits per heavy atom. The fraction of sp³-hybridized carbons (Fsp3) is 0.768. The summed E-state index contributed by atoms with van der Waals surface area (Å²) in [7, 11) is 2.79. The topological polar surface area (TPSA) is 203 Å². The van der Waals surface area contributed by atoms with E-state index in [9.17, 15) is 43.0 Å². The molecule has 16 atom stereocenters. The van der Waals surface area contributed by atoms with Crippen molar-refractivity contribution in [3.05, 3.63) is 47.6 Å². The number of amides is 1. The Morgan fingerprint density at radius 3 is 2.32 bits per heavy atom. The number of fused-ring (bicyclic) bond motifs is 3. The molecule has 1 aliphatic carbocycles. The van der Waals surface area contributed by atoms with Crippen molar-refractivity contribution in [1.29, 1.82) is 0 Å². The summed E-state index contributed by atoms with van der Waals surface area (Å²) in [5, 5.41) is 23.7. The number of hydrogen-bond acceptors (Lipinski definition) is 15. The number of allylic oxidation sites excluding steroid dienone is 6. The quantitative estimate of drug-likeness (QED) is 0.126. The number of carbonyl (C=O) groups is 5. The molecule has 1 saturated carbocycles. The zero-order valence-electron chi connectivity index (χ0n) is 45.1. The first-order valence-corrected chi connectivity index (χ1v) is 26.9. The highest BCUT2D eigenvalue weighted by Crippen LogP contribution is 2.38. The van der Waals surface area contributed by atoms with Crippen LogP contribution in [0.3, 0.4) is 0 Å². The molecule has 5 rings (SSSR count). The number of cyclic esters (lactones) is 1. The molecule has 18 heteroatoms. The van der Waals surface area contributed by atoms with Gasteiger partial charge in [0.15, 0.2) is 5.78 Å². The molecule has 2 N–H and O–H groups in total. The number of rotatable bonds is 10. The van der Waals surface area contributed by atoms with E-state index in [0.29, 0.717) is 83.2 Å². The maximum Gasteiger partial charge on any atom is 0.345 e. The number of piperidine rings is 1. The van der Waals surface area contributed by atoms with Gasteiger partial charge in [0, 0.05) is 51.4 Å². The van der Waals surface area contributed by atoms with Crippen molar-refractivity contribution in [1.82, 2.24) is 4.90 Å². The van der Waals surface area contributed by atoms with Crippen LogP contribution in [0.5, 0.6) is 0 Å². The number of alkyl halides is 2. The summed E-state index contributed by atoms with van der Waals surface area (Å²) in [6.45, 7) is 11.0. The van der Waals surface area contributed by atoms with Crippen molar-refractivity contribution in [3.63, 3.8) is 0 Å². The van der Waals surface area contributed by atoms with Crippen LogP contribution >= 0.6 is 0 Å². The number of aliphatic hydroxyl groups is 2. The Bertz CT molecular complexity index is 1990. The average molecular weight is 1050 g/mol. The number of carbonyl (C=O) groups excluding carboxylic acids is 5. The van der Waals surface area contributed by atoms with Gasteiger partial charge < -0.3 is 53.0 Å². The first kappa shape index (κ1) is 61.3. The third kappa shape index (κ3) is 17.0. The smallest absolute Gasteiger partial charge is 0.345 e. The molecule has 5 aliphatic rings. The molecule has 0 aromatic carbocycles. The third-order valence-electron chi connectivity index (χ3n) is 15.8. The lowest BCUT2D eigenvalue weighted by Gasteiger charge is -2.43. The first-order valence-electron chi connectivity index (χ1n) is 26.9. The average Bonchev–Trinajstić information content (AvgIpc) is 3.37. The van der Waals surface area contributed by atoms with Crippen LogP contribution < -0.4 is 0 Å². The number of hydrogen-bond donors (Lipinski definition) is 2. The highest BCUT2D eigenvalue weighted by atomic mass is 19.3. The van der Waals surface area contributed by atoms with Crippen LogP contribution in [0.1, 0.15) is 126 Å². The van der Waals surface area contributed by atoms with Crippen molar-refractivity contribution in [2.75, 3.05) is 47.2 Å². The van der Waals surface area contributed by atoms with Crippen molar-refractivity contribution < 1.29 is 80.9 Å². The normalized spacial score (nSPS) is 39.3. The molecule has 16 nitrogen and oxygen atoms in total. The number of methoxy groups -OCH3 is 2. The Hall–Kier alpha value is -3.59. The van der Waals surface area contributed by atoms with E-state index in [2.05, 4.69) is 0 Å². The molecule has 0 aromatic rings. The number of ketones is 3. The zero-order chi connectivity index (χ0) is 54.3. The minimum Gasteiger partial charge on any atom is -0.460 e. The molecule has 418 valence electrons. The van der Waals surface area contributed by atoms with Gasteiger partial charge in [0.05, 0.1) is 50.8 Å². The minimum absolute atomic E-state index is 0.0291. The molecular formula is C56H85F2NO15. The highest BCUT2D eigenvalue weighted by Gasteiger charge is 2.53. The number of halogens is 2. The monoisotopic (exact) mass is 1050 g/mol. The van der Waals surface area contributed by atoms with Gasteiger partial charge in [0.1, 0.15) is 36.2 Å². The lowest BCUT2D eigenvalue weighted by Crippen LogP contribution is -2.61. The van der Waals surface area contributed by atoms with Crippen LogP contribution in [0.15, 0.2) is 47.6 Å². The van der Waals surface area contributed by atoms with Gasteiger partial charge in [0.25, 0.3) is 11.7 Å². The Morgan fingerprint density at radius 1 is 0.878 bits per heavy atom. The van der Waals surface area contributed by atoms with Crippen LogP contribution in [-0.2, 0) is 61.9 Å². The second-order valence-corrected chi connectivity index (χ2v) is 21.6. The van der Waals surface area contributed by atoms with Gasteiger partial charge in [-0.3, -0.25) is 19.2 Å². The maximum atomic E-state index is 14.5. The van der Waals surface area contributed by atoms with Gasteiger partial charge in [-0.15, -0.1) is 0 Å².